The molecule has 2 aromatic rings. The van der Waals surface area contributed by atoms with Crippen LogP contribution in [-0.2, 0) is 0 Å². The van der Waals surface area contributed by atoms with E-state index in [9.17, 15) is 4.79 Å². The lowest BCUT2D eigenvalue weighted by Crippen LogP contribution is -2.22. The third kappa shape index (κ3) is 1.06. The molecule has 0 unspecified atom stereocenters. The summed E-state index contributed by atoms with van der Waals surface area (Å²) in [4.78, 5) is 12.4. The maximum atomic E-state index is 12.4. The number of imidazole rings is 1. The van der Waals surface area contributed by atoms with E-state index in [1.807, 2.05) is 21.3 Å². The van der Waals surface area contributed by atoms with E-state index < -0.39 is 0 Å². The first-order chi connectivity index (χ1) is 7.86. The molecule has 2 saturated carbocycles. The van der Waals surface area contributed by atoms with Crippen LogP contribution in [0.5, 0.6) is 0 Å². The highest BCUT2D eigenvalue weighted by Crippen LogP contribution is 2.40. The maximum Gasteiger partial charge on any atom is 0.329 e. The van der Waals surface area contributed by atoms with Crippen LogP contribution < -0.4 is 5.69 Å². The summed E-state index contributed by atoms with van der Waals surface area (Å²) < 4.78 is 4.02. The van der Waals surface area contributed by atoms with Crippen LogP contribution in [0.15, 0.2) is 29.1 Å². The molecule has 2 fully saturated rings. The van der Waals surface area contributed by atoms with Crippen molar-refractivity contribution in [1.29, 1.82) is 0 Å². The van der Waals surface area contributed by atoms with Gasteiger partial charge in [0.25, 0.3) is 0 Å². The molecule has 16 heavy (non-hydrogen) atoms. The quantitative estimate of drug-likeness (QED) is 0.754. The summed E-state index contributed by atoms with van der Waals surface area (Å²) in [6.07, 6.45) is 4.66. The number of para-hydroxylation sites is 2. The summed E-state index contributed by atoms with van der Waals surface area (Å²) in [5.74, 6) is 0. The summed E-state index contributed by atoms with van der Waals surface area (Å²) in [5.41, 5.74) is 2.47. The van der Waals surface area contributed by atoms with Crippen LogP contribution in [0.4, 0.5) is 0 Å². The Labute approximate surface area is 93.3 Å². The van der Waals surface area contributed by atoms with E-state index in [1.165, 1.54) is 25.7 Å². The molecule has 1 aromatic carbocycles. The summed E-state index contributed by atoms with van der Waals surface area (Å²) in [6, 6.07) is 9.15. The van der Waals surface area contributed by atoms with Crippen LogP contribution in [0.3, 0.4) is 0 Å². The van der Waals surface area contributed by atoms with Crippen molar-refractivity contribution in [2.75, 3.05) is 0 Å². The standard InChI is InChI=1S/C13H14N2O/c16-13-14(9-5-6-9)11-3-1-2-4-12(11)15(13)10-7-8-10/h1-4,9-10H,5-8H2. The Bertz CT molecular complexity index is 562. The normalized spacial score (nSPS) is 20.5. The van der Waals surface area contributed by atoms with Gasteiger partial charge in [0.1, 0.15) is 0 Å². The Morgan fingerprint density at radius 2 is 1.31 bits per heavy atom. The topological polar surface area (TPSA) is 26.9 Å². The van der Waals surface area contributed by atoms with Crippen molar-refractivity contribution in [2.24, 2.45) is 0 Å². The Hall–Kier alpha value is -1.51. The second-order valence-electron chi connectivity index (χ2n) is 4.97. The molecule has 82 valence electrons. The summed E-state index contributed by atoms with van der Waals surface area (Å²) in [6.45, 7) is 0. The monoisotopic (exact) mass is 214 g/mol. The van der Waals surface area contributed by atoms with Crippen LogP contribution in [0.2, 0.25) is 0 Å². The van der Waals surface area contributed by atoms with Crippen molar-refractivity contribution < 1.29 is 0 Å². The van der Waals surface area contributed by atoms with E-state index in [2.05, 4.69) is 12.1 Å². The van der Waals surface area contributed by atoms with Crippen LogP contribution in [0.1, 0.15) is 37.8 Å². The Balaban J connectivity index is 2.11. The number of benzene rings is 1. The molecule has 0 amide bonds. The molecule has 0 bridgehead atoms. The third-order valence-electron chi connectivity index (χ3n) is 3.64. The number of fused-ring (bicyclic) bond motifs is 1. The van der Waals surface area contributed by atoms with Gasteiger partial charge >= 0.3 is 5.69 Å². The lowest BCUT2D eigenvalue weighted by molar-refractivity contribution is 0.651. The lowest BCUT2D eigenvalue weighted by Gasteiger charge is -1.97. The van der Waals surface area contributed by atoms with Crippen molar-refractivity contribution in [3.05, 3.63) is 34.7 Å². The van der Waals surface area contributed by atoms with Gasteiger partial charge in [-0.1, -0.05) is 12.1 Å². The van der Waals surface area contributed by atoms with Crippen molar-refractivity contribution in [3.63, 3.8) is 0 Å². The van der Waals surface area contributed by atoms with Crippen LogP contribution >= 0.6 is 0 Å². The van der Waals surface area contributed by atoms with Crippen LogP contribution in [0, 0.1) is 0 Å². The predicted molar refractivity (Wildman–Crippen MR) is 62.7 cm³/mol. The Kier molecular flexibility index (Phi) is 1.50. The van der Waals surface area contributed by atoms with Gasteiger partial charge in [-0.15, -0.1) is 0 Å². The van der Waals surface area contributed by atoms with Crippen molar-refractivity contribution >= 4 is 11.0 Å². The molecule has 0 N–H and O–H groups in total. The zero-order valence-corrected chi connectivity index (χ0v) is 9.10. The fourth-order valence-corrected chi connectivity index (χ4v) is 2.56. The minimum absolute atomic E-state index is 0.214. The number of rotatable bonds is 2. The Morgan fingerprint density at radius 3 is 1.69 bits per heavy atom. The van der Waals surface area contributed by atoms with Gasteiger partial charge in [-0.2, -0.15) is 0 Å². The van der Waals surface area contributed by atoms with Crippen LogP contribution in [-0.4, -0.2) is 9.13 Å². The van der Waals surface area contributed by atoms with Gasteiger partial charge in [0.15, 0.2) is 0 Å². The largest absolute Gasteiger partial charge is 0.329 e. The van der Waals surface area contributed by atoms with Gasteiger partial charge < -0.3 is 0 Å². The minimum Gasteiger partial charge on any atom is -0.289 e. The highest BCUT2D eigenvalue weighted by Gasteiger charge is 2.33. The molecule has 2 aliphatic carbocycles. The summed E-state index contributed by atoms with van der Waals surface area (Å²) in [5, 5.41) is 0. The second-order valence-corrected chi connectivity index (χ2v) is 4.97. The van der Waals surface area contributed by atoms with Crippen LogP contribution in [0.25, 0.3) is 11.0 Å². The number of hydrogen-bond donors (Lipinski definition) is 0. The average Bonchev–Trinajstić information content (AvgIpc) is 3.15. The molecular weight excluding hydrogens is 200 g/mol. The molecular formula is C13H14N2O. The molecule has 0 spiro atoms. The molecule has 0 aliphatic heterocycles. The third-order valence-corrected chi connectivity index (χ3v) is 3.64. The van der Waals surface area contributed by atoms with Crippen molar-refractivity contribution in [3.8, 4) is 0 Å². The Morgan fingerprint density at radius 1 is 0.875 bits per heavy atom. The van der Waals surface area contributed by atoms with Gasteiger partial charge in [0.2, 0.25) is 0 Å². The fraction of sp³-hybridized carbons (Fsp3) is 0.462. The fourth-order valence-electron chi connectivity index (χ4n) is 2.56. The number of hydrogen-bond acceptors (Lipinski definition) is 1. The number of aromatic nitrogens is 2. The van der Waals surface area contributed by atoms with E-state index in [0.717, 1.165) is 11.0 Å². The van der Waals surface area contributed by atoms with E-state index in [-0.39, 0.29) is 5.69 Å². The van der Waals surface area contributed by atoms with Crippen molar-refractivity contribution in [1.82, 2.24) is 9.13 Å². The highest BCUT2D eigenvalue weighted by atomic mass is 16.2. The molecule has 0 radical (unpaired) electrons. The maximum absolute atomic E-state index is 12.4. The first-order valence-corrected chi connectivity index (χ1v) is 6.08. The molecule has 3 heteroatoms. The van der Waals surface area contributed by atoms with E-state index in [0.29, 0.717) is 12.1 Å². The second kappa shape index (κ2) is 2.78. The molecule has 4 rings (SSSR count). The smallest absolute Gasteiger partial charge is 0.289 e. The zero-order valence-electron chi connectivity index (χ0n) is 9.10. The minimum atomic E-state index is 0.214. The van der Waals surface area contributed by atoms with Crippen molar-refractivity contribution in [2.45, 2.75) is 37.8 Å². The predicted octanol–water partition coefficient (Wildman–Crippen LogP) is 2.47. The van der Waals surface area contributed by atoms with E-state index >= 15 is 0 Å². The average molecular weight is 214 g/mol. The molecule has 1 heterocycles. The highest BCUT2D eigenvalue weighted by molar-refractivity contribution is 5.76. The van der Waals surface area contributed by atoms with Gasteiger partial charge in [0.05, 0.1) is 11.0 Å². The zero-order chi connectivity index (χ0) is 10.7. The molecule has 1 aromatic heterocycles. The van der Waals surface area contributed by atoms with Gasteiger partial charge in [0, 0.05) is 12.1 Å². The first kappa shape index (κ1) is 8.62. The van der Waals surface area contributed by atoms with Gasteiger partial charge in [-0.05, 0) is 37.8 Å². The summed E-state index contributed by atoms with van der Waals surface area (Å²) >= 11 is 0. The molecule has 2 aliphatic rings. The number of nitrogens with zero attached hydrogens (tertiary/aromatic N) is 2. The van der Waals surface area contributed by atoms with Gasteiger partial charge in [-0.25, -0.2) is 4.79 Å². The first-order valence-electron chi connectivity index (χ1n) is 6.08. The van der Waals surface area contributed by atoms with E-state index in [4.69, 9.17) is 0 Å². The SMILES string of the molecule is O=c1n(C2CC2)c2ccccc2n1C1CC1. The lowest BCUT2D eigenvalue weighted by atomic mass is 10.3. The molecule has 0 saturated heterocycles. The van der Waals surface area contributed by atoms with E-state index in [1.54, 1.807) is 0 Å². The molecule has 0 atom stereocenters. The molecule has 3 nitrogen and oxygen atoms in total. The van der Waals surface area contributed by atoms with Gasteiger partial charge in [-0.3, -0.25) is 9.13 Å². The summed E-state index contributed by atoms with van der Waals surface area (Å²) in [7, 11) is 0.